The maximum atomic E-state index is 8.95. The summed E-state index contributed by atoms with van der Waals surface area (Å²) in [4.78, 5) is 3.88. The van der Waals surface area contributed by atoms with E-state index >= 15 is 0 Å². The average molecular weight is 158 g/mol. The minimum absolute atomic E-state index is 0.103. The normalized spacial score (nSPS) is 10.2. The number of hydrogen-bond donors (Lipinski definition) is 1. The van der Waals surface area contributed by atoms with Gasteiger partial charge in [0.05, 0.1) is 6.20 Å². The number of hydrogen-bond acceptors (Lipinski definition) is 3. The smallest absolute Gasteiger partial charge is 0.230 e. The predicted molar refractivity (Wildman–Crippen MR) is 41.3 cm³/mol. The van der Waals surface area contributed by atoms with Gasteiger partial charge in [-0.1, -0.05) is 11.8 Å². The van der Waals surface area contributed by atoms with Crippen LogP contribution in [0.5, 0.6) is 5.88 Å². The molecule has 3 nitrogen and oxygen atoms in total. The topological polar surface area (TPSA) is 38.0 Å². The van der Waals surface area contributed by atoms with E-state index in [1.54, 1.807) is 6.20 Å². The molecule has 1 aromatic rings. The Balaban J connectivity index is 2.96. The number of aryl methyl sites for hydroxylation is 1. The molecule has 0 aliphatic carbocycles. The maximum Gasteiger partial charge on any atom is 0.230 e. The first-order valence-electron chi connectivity index (χ1n) is 3.08. The van der Waals surface area contributed by atoms with Crippen LogP contribution in [-0.4, -0.2) is 20.9 Å². The number of aromatic hydroxyl groups is 1. The Kier molecular flexibility index (Phi) is 2.21. The van der Waals surface area contributed by atoms with Gasteiger partial charge in [0.15, 0.2) is 5.16 Å². The van der Waals surface area contributed by atoms with Gasteiger partial charge in [-0.25, -0.2) is 0 Å². The van der Waals surface area contributed by atoms with Gasteiger partial charge in [0, 0.05) is 6.54 Å². The van der Waals surface area contributed by atoms with Crippen molar-refractivity contribution in [2.45, 2.75) is 18.6 Å². The highest BCUT2D eigenvalue weighted by molar-refractivity contribution is 7.98. The van der Waals surface area contributed by atoms with Crippen molar-refractivity contribution in [1.29, 1.82) is 0 Å². The van der Waals surface area contributed by atoms with E-state index in [2.05, 4.69) is 4.98 Å². The van der Waals surface area contributed by atoms with Crippen molar-refractivity contribution in [2.24, 2.45) is 0 Å². The first kappa shape index (κ1) is 7.47. The fourth-order valence-corrected chi connectivity index (χ4v) is 1.38. The molecule has 0 radical (unpaired) electrons. The fraction of sp³-hybridized carbons (Fsp3) is 0.500. The van der Waals surface area contributed by atoms with Crippen LogP contribution in [-0.2, 0) is 6.54 Å². The predicted octanol–water partition coefficient (Wildman–Crippen LogP) is 1.33. The lowest BCUT2D eigenvalue weighted by molar-refractivity contribution is 0.454. The zero-order valence-electron chi connectivity index (χ0n) is 6.03. The number of imidazole rings is 1. The molecule has 0 saturated carbocycles. The molecule has 0 aliphatic rings. The SMILES string of the molecule is CCn1cc(O)nc1SC. The van der Waals surface area contributed by atoms with Gasteiger partial charge in [0.2, 0.25) is 5.88 Å². The van der Waals surface area contributed by atoms with Crippen LogP contribution < -0.4 is 0 Å². The van der Waals surface area contributed by atoms with Crippen molar-refractivity contribution >= 4 is 11.8 Å². The molecule has 0 unspecified atom stereocenters. The Morgan fingerprint density at radius 3 is 2.90 bits per heavy atom. The van der Waals surface area contributed by atoms with Crippen LogP contribution in [0.2, 0.25) is 0 Å². The lowest BCUT2D eigenvalue weighted by Gasteiger charge is -1.97. The van der Waals surface area contributed by atoms with E-state index in [9.17, 15) is 0 Å². The molecule has 0 aliphatic heterocycles. The molecular formula is C6H10N2OS. The number of rotatable bonds is 2. The van der Waals surface area contributed by atoms with Gasteiger partial charge < -0.3 is 9.67 Å². The van der Waals surface area contributed by atoms with Crippen LogP contribution in [0.3, 0.4) is 0 Å². The van der Waals surface area contributed by atoms with Gasteiger partial charge in [-0.3, -0.25) is 0 Å². The van der Waals surface area contributed by atoms with Crippen molar-refractivity contribution < 1.29 is 5.11 Å². The van der Waals surface area contributed by atoms with E-state index in [0.717, 1.165) is 11.7 Å². The second-order valence-corrected chi connectivity index (χ2v) is 2.65. The summed E-state index contributed by atoms with van der Waals surface area (Å²) in [5.41, 5.74) is 0. The van der Waals surface area contributed by atoms with Crippen LogP contribution in [0.25, 0.3) is 0 Å². The molecular weight excluding hydrogens is 148 g/mol. The molecule has 56 valence electrons. The first-order chi connectivity index (χ1) is 4.77. The third-order valence-corrected chi connectivity index (χ3v) is 1.94. The van der Waals surface area contributed by atoms with Gasteiger partial charge in [-0.15, -0.1) is 0 Å². The van der Waals surface area contributed by atoms with Crippen molar-refractivity contribution in [2.75, 3.05) is 6.26 Å². The Morgan fingerprint density at radius 2 is 2.50 bits per heavy atom. The Bertz CT molecular complexity index is 200. The van der Waals surface area contributed by atoms with E-state index in [1.807, 2.05) is 17.7 Å². The van der Waals surface area contributed by atoms with Crippen molar-refractivity contribution in [3.63, 3.8) is 0 Å². The van der Waals surface area contributed by atoms with E-state index < -0.39 is 0 Å². The van der Waals surface area contributed by atoms with Gasteiger partial charge >= 0.3 is 0 Å². The van der Waals surface area contributed by atoms with Crippen molar-refractivity contribution in [1.82, 2.24) is 9.55 Å². The van der Waals surface area contributed by atoms with E-state index in [-0.39, 0.29) is 5.88 Å². The summed E-state index contributed by atoms with van der Waals surface area (Å²) in [7, 11) is 0. The highest BCUT2D eigenvalue weighted by Gasteiger charge is 2.02. The molecule has 0 spiro atoms. The molecule has 10 heavy (non-hydrogen) atoms. The second-order valence-electron chi connectivity index (χ2n) is 1.87. The summed E-state index contributed by atoms with van der Waals surface area (Å²) in [6, 6.07) is 0. The zero-order valence-corrected chi connectivity index (χ0v) is 6.85. The van der Waals surface area contributed by atoms with Crippen LogP contribution in [0.4, 0.5) is 0 Å². The van der Waals surface area contributed by atoms with Crippen LogP contribution >= 0.6 is 11.8 Å². The molecule has 0 bridgehead atoms. The van der Waals surface area contributed by atoms with Crippen molar-refractivity contribution in [3.8, 4) is 5.88 Å². The van der Waals surface area contributed by atoms with Gasteiger partial charge in [0.25, 0.3) is 0 Å². The third kappa shape index (κ3) is 1.26. The average Bonchev–Trinajstić information content (AvgIpc) is 2.30. The number of thioether (sulfide) groups is 1. The molecule has 0 fully saturated rings. The summed E-state index contributed by atoms with van der Waals surface area (Å²) < 4.78 is 1.90. The fourth-order valence-electron chi connectivity index (χ4n) is 0.775. The highest BCUT2D eigenvalue weighted by atomic mass is 32.2. The third-order valence-electron chi connectivity index (χ3n) is 1.25. The lowest BCUT2D eigenvalue weighted by Crippen LogP contribution is -1.92. The largest absolute Gasteiger partial charge is 0.492 e. The Hall–Kier alpha value is -0.640. The quantitative estimate of drug-likeness (QED) is 0.660. The summed E-state index contributed by atoms with van der Waals surface area (Å²) in [5, 5.41) is 9.81. The molecule has 1 aromatic heterocycles. The number of aromatic nitrogens is 2. The lowest BCUT2D eigenvalue weighted by atomic mass is 10.7. The van der Waals surface area contributed by atoms with Gasteiger partial charge in [-0.05, 0) is 13.2 Å². The van der Waals surface area contributed by atoms with E-state index in [1.165, 1.54) is 11.8 Å². The number of nitrogens with zero attached hydrogens (tertiary/aromatic N) is 2. The summed E-state index contributed by atoms with van der Waals surface area (Å²) in [6.45, 7) is 2.87. The summed E-state index contributed by atoms with van der Waals surface area (Å²) >= 11 is 1.53. The summed E-state index contributed by atoms with van der Waals surface area (Å²) in [5.74, 6) is 0.103. The maximum absolute atomic E-state index is 8.95. The van der Waals surface area contributed by atoms with Crippen LogP contribution in [0.15, 0.2) is 11.4 Å². The minimum Gasteiger partial charge on any atom is -0.492 e. The Morgan fingerprint density at radius 1 is 1.80 bits per heavy atom. The minimum atomic E-state index is 0.103. The zero-order chi connectivity index (χ0) is 7.56. The molecule has 1 heterocycles. The molecule has 0 atom stereocenters. The molecule has 1 rings (SSSR count). The molecule has 4 heteroatoms. The van der Waals surface area contributed by atoms with E-state index in [0.29, 0.717) is 0 Å². The second kappa shape index (κ2) is 2.96. The van der Waals surface area contributed by atoms with Gasteiger partial charge in [-0.2, -0.15) is 4.98 Å². The first-order valence-corrected chi connectivity index (χ1v) is 4.30. The van der Waals surface area contributed by atoms with Crippen LogP contribution in [0.1, 0.15) is 6.92 Å². The summed E-state index contributed by atoms with van der Waals surface area (Å²) in [6.07, 6.45) is 3.57. The van der Waals surface area contributed by atoms with Gasteiger partial charge in [0.1, 0.15) is 0 Å². The van der Waals surface area contributed by atoms with E-state index in [4.69, 9.17) is 5.11 Å². The molecule has 0 aromatic carbocycles. The molecule has 1 N–H and O–H groups in total. The monoisotopic (exact) mass is 158 g/mol. The van der Waals surface area contributed by atoms with Crippen LogP contribution in [0, 0.1) is 0 Å². The standard InChI is InChI=1S/C6H10N2OS/c1-3-8-4-5(9)7-6(8)10-2/h4,9H,3H2,1-2H3. The molecule has 0 amide bonds. The molecule has 0 saturated heterocycles. The van der Waals surface area contributed by atoms with Crippen molar-refractivity contribution in [3.05, 3.63) is 6.20 Å². The Labute approximate surface area is 64.1 Å². The highest BCUT2D eigenvalue weighted by Crippen LogP contribution is 2.17.